The predicted molar refractivity (Wildman–Crippen MR) is 53.5 cm³/mol. The number of Topliss-reactive ketones (excluding diaryl/α,β-unsaturated/α-hetero) is 1. The number of phenolic OH excluding ortho intramolecular Hbond substituents is 1. The van der Waals surface area contributed by atoms with Crippen molar-refractivity contribution in [2.45, 2.75) is 12.8 Å². The lowest BCUT2D eigenvalue weighted by molar-refractivity contribution is 0.0992. The van der Waals surface area contributed by atoms with Gasteiger partial charge < -0.3 is 5.11 Å². The number of aryl methyl sites for hydroxylation is 1. The number of aromatic hydroxyl groups is 1. The van der Waals surface area contributed by atoms with E-state index >= 15 is 0 Å². The lowest BCUT2D eigenvalue weighted by Crippen LogP contribution is -1.93. The summed E-state index contributed by atoms with van der Waals surface area (Å²) in [6.45, 7) is 0. The van der Waals surface area contributed by atoms with Crippen LogP contribution in [0.15, 0.2) is 12.1 Å². The average Bonchev–Trinajstić information content (AvgIpc) is 2.41. The van der Waals surface area contributed by atoms with Crippen LogP contribution in [0.4, 0.5) is 0 Å². The number of ketones is 1. The zero-order valence-corrected chi connectivity index (χ0v) is 8.46. The normalized spacial score (nSPS) is 14.9. The van der Waals surface area contributed by atoms with Crippen LogP contribution >= 0.6 is 22.6 Å². The Balaban J connectivity index is 2.71. The van der Waals surface area contributed by atoms with Gasteiger partial charge in [-0.25, -0.2) is 0 Å². The molecule has 0 heterocycles. The number of fused-ring (bicyclic) bond motifs is 1. The summed E-state index contributed by atoms with van der Waals surface area (Å²) in [6.07, 6.45) is 1.32. The van der Waals surface area contributed by atoms with Gasteiger partial charge in [-0.05, 0) is 40.6 Å². The molecule has 0 saturated carbocycles. The number of benzene rings is 1. The molecule has 2 nitrogen and oxygen atoms in total. The minimum Gasteiger partial charge on any atom is -0.506 e. The molecule has 1 aliphatic carbocycles. The molecule has 0 saturated heterocycles. The number of rotatable bonds is 0. The van der Waals surface area contributed by atoms with Crippen molar-refractivity contribution in [1.29, 1.82) is 0 Å². The first-order chi connectivity index (χ1) is 5.70. The molecule has 1 N–H and O–H groups in total. The second kappa shape index (κ2) is 2.73. The van der Waals surface area contributed by atoms with Crippen LogP contribution in [0, 0.1) is 3.57 Å². The smallest absolute Gasteiger partial charge is 0.167 e. The van der Waals surface area contributed by atoms with Gasteiger partial charge >= 0.3 is 0 Å². The summed E-state index contributed by atoms with van der Waals surface area (Å²) in [5, 5.41) is 9.56. The van der Waals surface area contributed by atoms with Gasteiger partial charge in [0.15, 0.2) is 5.78 Å². The zero-order valence-electron chi connectivity index (χ0n) is 6.30. The van der Waals surface area contributed by atoms with Crippen molar-refractivity contribution in [1.82, 2.24) is 0 Å². The van der Waals surface area contributed by atoms with Crippen molar-refractivity contribution < 1.29 is 9.90 Å². The van der Waals surface area contributed by atoms with Crippen molar-refractivity contribution in [3.8, 4) is 5.75 Å². The third-order valence-electron chi connectivity index (χ3n) is 2.12. The Morgan fingerprint density at radius 3 is 2.83 bits per heavy atom. The first-order valence-corrected chi connectivity index (χ1v) is 4.81. The molecule has 1 aromatic carbocycles. The number of carbonyl (C=O) groups is 1. The van der Waals surface area contributed by atoms with Crippen LogP contribution in [0.5, 0.6) is 5.75 Å². The number of hydrogen-bond donors (Lipinski definition) is 1. The van der Waals surface area contributed by atoms with Crippen LogP contribution in [-0.4, -0.2) is 10.9 Å². The third-order valence-corrected chi connectivity index (χ3v) is 2.99. The average molecular weight is 274 g/mol. The SMILES string of the molecule is O=C1CCc2ccc(I)c(O)c21. The van der Waals surface area contributed by atoms with Crippen LogP contribution in [0.25, 0.3) is 0 Å². The van der Waals surface area contributed by atoms with E-state index in [2.05, 4.69) is 0 Å². The molecule has 1 aliphatic rings. The molecule has 3 heteroatoms. The lowest BCUT2D eigenvalue weighted by Gasteiger charge is -2.02. The summed E-state index contributed by atoms with van der Waals surface area (Å²) in [4.78, 5) is 11.3. The fourth-order valence-corrected chi connectivity index (χ4v) is 1.95. The Morgan fingerprint density at radius 2 is 2.08 bits per heavy atom. The van der Waals surface area contributed by atoms with Crippen molar-refractivity contribution in [2.24, 2.45) is 0 Å². The van der Waals surface area contributed by atoms with Gasteiger partial charge in [0.1, 0.15) is 5.75 Å². The molecule has 0 spiro atoms. The highest BCUT2D eigenvalue weighted by atomic mass is 127. The van der Waals surface area contributed by atoms with E-state index in [1.54, 1.807) is 0 Å². The second-order valence-electron chi connectivity index (χ2n) is 2.85. The molecule has 0 aromatic heterocycles. The summed E-state index contributed by atoms with van der Waals surface area (Å²) in [7, 11) is 0. The van der Waals surface area contributed by atoms with E-state index in [0.717, 1.165) is 15.6 Å². The monoisotopic (exact) mass is 274 g/mol. The highest BCUT2D eigenvalue weighted by Gasteiger charge is 2.23. The van der Waals surface area contributed by atoms with E-state index in [1.807, 2.05) is 34.7 Å². The van der Waals surface area contributed by atoms with Crippen molar-refractivity contribution in [3.05, 3.63) is 26.8 Å². The maximum absolute atomic E-state index is 11.3. The molecule has 0 radical (unpaired) electrons. The third kappa shape index (κ3) is 1.03. The zero-order chi connectivity index (χ0) is 8.72. The minimum absolute atomic E-state index is 0.0704. The summed E-state index contributed by atoms with van der Waals surface area (Å²) in [6, 6.07) is 3.76. The molecule has 0 fully saturated rings. The van der Waals surface area contributed by atoms with Gasteiger partial charge in [0.2, 0.25) is 0 Å². The van der Waals surface area contributed by atoms with E-state index in [0.29, 0.717) is 12.0 Å². The molecular formula is C9H7IO2. The Hall–Kier alpha value is -0.580. The molecule has 0 bridgehead atoms. The standard InChI is InChI=1S/C9H7IO2/c10-6-3-1-5-2-4-7(11)8(5)9(6)12/h1,3,12H,2,4H2. The van der Waals surface area contributed by atoms with Crippen LogP contribution in [-0.2, 0) is 6.42 Å². The van der Waals surface area contributed by atoms with E-state index in [9.17, 15) is 9.90 Å². The maximum atomic E-state index is 11.3. The first kappa shape index (κ1) is 8.04. The minimum atomic E-state index is 0.0704. The quantitative estimate of drug-likeness (QED) is 0.736. The van der Waals surface area contributed by atoms with Crippen LogP contribution in [0.3, 0.4) is 0 Å². The van der Waals surface area contributed by atoms with Crippen LogP contribution in [0.2, 0.25) is 0 Å². The number of hydrogen-bond acceptors (Lipinski definition) is 2. The van der Waals surface area contributed by atoms with Crippen molar-refractivity contribution in [2.75, 3.05) is 0 Å². The van der Waals surface area contributed by atoms with Gasteiger partial charge in [-0.1, -0.05) is 6.07 Å². The molecule has 0 amide bonds. The summed E-state index contributed by atoms with van der Waals surface area (Å²) in [5.74, 6) is 0.233. The van der Waals surface area contributed by atoms with Gasteiger partial charge in [0, 0.05) is 6.42 Å². The topological polar surface area (TPSA) is 37.3 Å². The lowest BCUT2D eigenvalue weighted by atomic mass is 10.1. The molecule has 2 rings (SSSR count). The van der Waals surface area contributed by atoms with E-state index in [-0.39, 0.29) is 11.5 Å². The highest BCUT2D eigenvalue weighted by Crippen LogP contribution is 2.33. The van der Waals surface area contributed by atoms with Gasteiger partial charge in [-0.2, -0.15) is 0 Å². The molecule has 0 atom stereocenters. The van der Waals surface area contributed by atoms with Gasteiger partial charge in [0.05, 0.1) is 9.13 Å². The largest absolute Gasteiger partial charge is 0.506 e. The molecule has 62 valence electrons. The molecular weight excluding hydrogens is 267 g/mol. The Morgan fingerprint density at radius 1 is 1.33 bits per heavy atom. The first-order valence-electron chi connectivity index (χ1n) is 3.73. The molecule has 0 aliphatic heterocycles. The van der Waals surface area contributed by atoms with Crippen LogP contribution < -0.4 is 0 Å². The highest BCUT2D eigenvalue weighted by molar-refractivity contribution is 14.1. The summed E-state index contributed by atoms with van der Waals surface area (Å²) in [5.41, 5.74) is 1.53. The fraction of sp³-hybridized carbons (Fsp3) is 0.222. The number of halogens is 1. The maximum Gasteiger partial charge on any atom is 0.167 e. The van der Waals surface area contributed by atoms with Crippen molar-refractivity contribution in [3.63, 3.8) is 0 Å². The van der Waals surface area contributed by atoms with Gasteiger partial charge in [0.25, 0.3) is 0 Å². The molecule has 1 aromatic rings. The van der Waals surface area contributed by atoms with Gasteiger partial charge in [-0.15, -0.1) is 0 Å². The van der Waals surface area contributed by atoms with Crippen molar-refractivity contribution >= 4 is 28.4 Å². The molecule has 0 unspecified atom stereocenters. The Bertz CT molecular complexity index is 358. The number of phenols is 1. The van der Waals surface area contributed by atoms with E-state index in [1.165, 1.54) is 0 Å². The van der Waals surface area contributed by atoms with Gasteiger partial charge in [-0.3, -0.25) is 4.79 Å². The number of carbonyl (C=O) groups excluding carboxylic acids is 1. The van der Waals surface area contributed by atoms with Crippen LogP contribution in [0.1, 0.15) is 22.3 Å². The Labute approximate surface area is 83.7 Å². The fourth-order valence-electron chi connectivity index (χ4n) is 1.50. The summed E-state index contributed by atoms with van der Waals surface area (Å²) < 4.78 is 0.751. The predicted octanol–water partition coefficient (Wildman–Crippen LogP) is 2.13. The summed E-state index contributed by atoms with van der Waals surface area (Å²) >= 11 is 2.03. The van der Waals surface area contributed by atoms with E-state index in [4.69, 9.17) is 0 Å². The second-order valence-corrected chi connectivity index (χ2v) is 4.02. The van der Waals surface area contributed by atoms with E-state index < -0.39 is 0 Å². The Kier molecular flexibility index (Phi) is 1.83. The molecule has 12 heavy (non-hydrogen) atoms.